The summed E-state index contributed by atoms with van der Waals surface area (Å²) in [5.74, 6) is -0.288. The van der Waals surface area contributed by atoms with Gasteiger partial charge in [0, 0.05) is 42.8 Å². The second kappa shape index (κ2) is 8.50. The summed E-state index contributed by atoms with van der Waals surface area (Å²) < 4.78 is 7.04. The summed E-state index contributed by atoms with van der Waals surface area (Å²) in [7, 11) is 0. The van der Waals surface area contributed by atoms with Crippen LogP contribution in [0.1, 0.15) is 5.56 Å². The molecule has 1 aliphatic rings. The van der Waals surface area contributed by atoms with Crippen LogP contribution >= 0.6 is 0 Å². The van der Waals surface area contributed by atoms with Crippen LogP contribution < -0.4 is 0 Å². The van der Waals surface area contributed by atoms with E-state index in [0.29, 0.717) is 37.6 Å². The molecule has 0 saturated carbocycles. The zero-order chi connectivity index (χ0) is 20.1. The molecule has 0 bridgehead atoms. The van der Waals surface area contributed by atoms with Crippen LogP contribution in [0.25, 0.3) is 23.0 Å². The van der Waals surface area contributed by atoms with Gasteiger partial charge in [0.25, 0.3) is 5.91 Å². The maximum Gasteiger partial charge on any atom is 0.264 e. The van der Waals surface area contributed by atoms with Crippen molar-refractivity contribution in [2.45, 2.75) is 0 Å². The van der Waals surface area contributed by atoms with Crippen molar-refractivity contribution in [3.8, 4) is 23.0 Å². The zero-order valence-electron chi connectivity index (χ0n) is 15.7. The normalized spacial score (nSPS) is 14.4. The van der Waals surface area contributed by atoms with E-state index < -0.39 is 0 Å². The van der Waals surface area contributed by atoms with Gasteiger partial charge in [-0.3, -0.25) is 9.78 Å². The number of nitriles is 1. The first-order valence-electron chi connectivity index (χ1n) is 9.30. The van der Waals surface area contributed by atoms with Crippen molar-refractivity contribution >= 4 is 12.0 Å². The monoisotopic (exact) mass is 385 g/mol. The first kappa shape index (κ1) is 18.6. The fourth-order valence-electron chi connectivity index (χ4n) is 3.17. The summed E-state index contributed by atoms with van der Waals surface area (Å²) in [4.78, 5) is 18.5. The minimum Gasteiger partial charge on any atom is -0.378 e. The molecule has 1 fully saturated rings. The molecule has 0 N–H and O–H groups in total. The van der Waals surface area contributed by atoms with E-state index in [1.165, 1.54) is 0 Å². The van der Waals surface area contributed by atoms with Crippen LogP contribution in [0.15, 0.2) is 66.6 Å². The number of hydrogen-bond donors (Lipinski definition) is 0. The van der Waals surface area contributed by atoms with E-state index in [2.05, 4.69) is 11.1 Å². The van der Waals surface area contributed by atoms with Crippen molar-refractivity contribution in [3.63, 3.8) is 0 Å². The van der Waals surface area contributed by atoms with Crippen LogP contribution in [-0.2, 0) is 9.53 Å². The first-order valence-corrected chi connectivity index (χ1v) is 9.30. The van der Waals surface area contributed by atoms with Crippen LogP contribution in [0.4, 0.5) is 0 Å². The molecule has 29 heavy (non-hydrogen) atoms. The molecule has 3 aromatic rings. The van der Waals surface area contributed by atoms with Gasteiger partial charge in [-0.05, 0) is 30.3 Å². The third kappa shape index (κ3) is 4.08. The predicted molar refractivity (Wildman–Crippen MR) is 108 cm³/mol. The summed E-state index contributed by atoms with van der Waals surface area (Å²) >= 11 is 0. The van der Waals surface area contributed by atoms with Crippen molar-refractivity contribution in [3.05, 3.63) is 72.2 Å². The molecule has 1 saturated heterocycles. The maximum absolute atomic E-state index is 12.8. The van der Waals surface area contributed by atoms with Crippen molar-refractivity contribution in [2.24, 2.45) is 0 Å². The fourth-order valence-corrected chi connectivity index (χ4v) is 3.17. The van der Waals surface area contributed by atoms with Crippen molar-refractivity contribution in [1.82, 2.24) is 19.7 Å². The molecule has 1 amide bonds. The number of nitrogens with zero attached hydrogens (tertiary/aromatic N) is 5. The second-order valence-corrected chi connectivity index (χ2v) is 6.52. The SMILES string of the molecule is N#C/C(=C/c1cn(-c2ccccc2)nc1-c1ccncc1)C(=O)N1CCOCC1. The van der Waals surface area contributed by atoms with Gasteiger partial charge < -0.3 is 9.64 Å². The molecule has 0 unspecified atom stereocenters. The van der Waals surface area contributed by atoms with E-state index >= 15 is 0 Å². The van der Waals surface area contributed by atoms with Crippen LogP contribution in [0.5, 0.6) is 0 Å². The molecule has 0 spiro atoms. The van der Waals surface area contributed by atoms with Gasteiger partial charge in [-0.25, -0.2) is 4.68 Å². The lowest BCUT2D eigenvalue weighted by molar-refractivity contribution is -0.130. The average Bonchev–Trinajstić information content (AvgIpc) is 3.23. The minimum absolute atomic E-state index is 0.0785. The highest BCUT2D eigenvalue weighted by Crippen LogP contribution is 2.25. The highest BCUT2D eigenvalue weighted by atomic mass is 16.5. The number of para-hydroxylation sites is 1. The highest BCUT2D eigenvalue weighted by Gasteiger charge is 2.22. The number of hydrogen-bond acceptors (Lipinski definition) is 5. The van der Waals surface area contributed by atoms with Crippen LogP contribution in [0, 0.1) is 11.3 Å². The smallest absolute Gasteiger partial charge is 0.264 e. The van der Waals surface area contributed by atoms with Gasteiger partial charge in [-0.2, -0.15) is 10.4 Å². The summed E-state index contributed by atoms with van der Waals surface area (Å²) in [6.07, 6.45) is 6.82. The topological polar surface area (TPSA) is 84.0 Å². The molecule has 4 rings (SSSR count). The van der Waals surface area contributed by atoms with Gasteiger partial charge in [0.2, 0.25) is 0 Å². The van der Waals surface area contributed by atoms with Gasteiger partial charge in [-0.1, -0.05) is 18.2 Å². The van der Waals surface area contributed by atoms with Gasteiger partial charge in [0.1, 0.15) is 17.3 Å². The molecule has 2 aromatic heterocycles. The maximum atomic E-state index is 12.8. The van der Waals surface area contributed by atoms with E-state index in [4.69, 9.17) is 9.84 Å². The molecule has 0 radical (unpaired) electrons. The minimum atomic E-state index is -0.288. The lowest BCUT2D eigenvalue weighted by atomic mass is 10.1. The Kier molecular flexibility index (Phi) is 5.45. The fraction of sp³-hybridized carbons (Fsp3) is 0.182. The molecule has 1 aliphatic heterocycles. The number of carbonyl (C=O) groups excluding carboxylic acids is 1. The molecular formula is C22H19N5O2. The van der Waals surface area contributed by atoms with E-state index in [-0.39, 0.29) is 11.5 Å². The van der Waals surface area contributed by atoms with Gasteiger partial charge in [0.15, 0.2) is 0 Å². The molecule has 0 aliphatic carbocycles. The molecule has 144 valence electrons. The lowest BCUT2D eigenvalue weighted by Gasteiger charge is -2.26. The predicted octanol–water partition coefficient (Wildman–Crippen LogP) is 2.70. The van der Waals surface area contributed by atoms with Crippen LogP contribution in [0.3, 0.4) is 0 Å². The zero-order valence-corrected chi connectivity index (χ0v) is 15.7. The Hall–Kier alpha value is -3.76. The van der Waals surface area contributed by atoms with E-state index in [1.54, 1.807) is 28.1 Å². The molecule has 3 heterocycles. The number of ether oxygens (including phenoxy) is 1. The van der Waals surface area contributed by atoms with Gasteiger partial charge in [0.05, 0.1) is 18.9 Å². The Labute approximate surface area is 168 Å². The van der Waals surface area contributed by atoms with Crippen molar-refractivity contribution in [2.75, 3.05) is 26.3 Å². The van der Waals surface area contributed by atoms with E-state index in [0.717, 1.165) is 11.3 Å². The quantitative estimate of drug-likeness (QED) is 0.509. The van der Waals surface area contributed by atoms with Crippen molar-refractivity contribution in [1.29, 1.82) is 5.26 Å². The molecule has 0 atom stereocenters. The number of rotatable bonds is 4. The number of benzene rings is 1. The average molecular weight is 385 g/mol. The Morgan fingerprint density at radius 1 is 1.10 bits per heavy atom. The van der Waals surface area contributed by atoms with Crippen LogP contribution in [-0.4, -0.2) is 51.9 Å². The summed E-state index contributed by atoms with van der Waals surface area (Å²) in [5.41, 5.74) is 3.20. The standard InChI is InChI=1S/C22H19N5O2/c23-15-18(22(28)26-10-12-29-13-11-26)14-19-16-27(20-4-2-1-3-5-20)25-21(19)17-6-8-24-9-7-17/h1-9,14,16H,10-13H2/b18-14-. The third-order valence-electron chi connectivity index (χ3n) is 4.67. The second-order valence-electron chi connectivity index (χ2n) is 6.52. The lowest BCUT2D eigenvalue weighted by Crippen LogP contribution is -2.41. The van der Waals surface area contributed by atoms with Crippen molar-refractivity contribution < 1.29 is 9.53 Å². The number of carbonyl (C=O) groups is 1. The van der Waals surface area contributed by atoms with E-state index in [9.17, 15) is 10.1 Å². The van der Waals surface area contributed by atoms with E-state index in [1.807, 2.05) is 48.7 Å². The number of amides is 1. The first-order chi connectivity index (χ1) is 14.3. The molecule has 1 aromatic carbocycles. The summed E-state index contributed by atoms with van der Waals surface area (Å²) in [5, 5.41) is 14.3. The highest BCUT2D eigenvalue weighted by molar-refractivity contribution is 6.02. The Morgan fingerprint density at radius 3 is 2.52 bits per heavy atom. The molecule has 7 nitrogen and oxygen atoms in total. The van der Waals surface area contributed by atoms with Crippen LogP contribution in [0.2, 0.25) is 0 Å². The Bertz CT molecular complexity index is 1060. The van der Waals surface area contributed by atoms with Gasteiger partial charge in [-0.15, -0.1) is 0 Å². The molecular weight excluding hydrogens is 366 g/mol. The number of pyridine rings is 1. The Balaban J connectivity index is 1.76. The summed E-state index contributed by atoms with van der Waals surface area (Å²) in [6.45, 7) is 1.94. The Morgan fingerprint density at radius 2 is 1.83 bits per heavy atom. The summed E-state index contributed by atoms with van der Waals surface area (Å²) in [6, 6.07) is 15.5. The molecule has 7 heteroatoms. The largest absolute Gasteiger partial charge is 0.378 e. The number of aromatic nitrogens is 3. The third-order valence-corrected chi connectivity index (χ3v) is 4.67. The van der Waals surface area contributed by atoms with Gasteiger partial charge >= 0.3 is 0 Å². The number of morpholine rings is 1.